The normalized spacial score (nSPS) is 15.9. The number of halogens is 5. The summed E-state index contributed by atoms with van der Waals surface area (Å²) >= 11 is 0. The van der Waals surface area contributed by atoms with E-state index < -0.39 is 60.7 Å². The van der Waals surface area contributed by atoms with Crippen molar-refractivity contribution in [2.45, 2.75) is 64.7 Å². The van der Waals surface area contributed by atoms with Crippen molar-refractivity contribution in [3.05, 3.63) is 0 Å². The molecule has 0 saturated carbocycles. The van der Waals surface area contributed by atoms with E-state index in [0.29, 0.717) is 6.92 Å². The molecule has 1 N–H and O–H groups in total. The summed E-state index contributed by atoms with van der Waals surface area (Å²) in [4.78, 5) is 23.2. The minimum atomic E-state index is -4.64. The number of carbonyl (C=O) groups excluding carboxylic acids is 1. The zero-order valence-corrected chi connectivity index (χ0v) is 13.3. The molecule has 0 fully saturated rings. The molecule has 2 atom stereocenters. The molecule has 0 heterocycles. The zero-order valence-electron chi connectivity index (χ0n) is 13.3. The van der Waals surface area contributed by atoms with Gasteiger partial charge in [-0.2, -0.15) is 13.2 Å². The number of hydrogen-bond donors (Lipinski definition) is 1. The van der Waals surface area contributed by atoms with Crippen LogP contribution in [0.3, 0.4) is 0 Å². The van der Waals surface area contributed by atoms with Gasteiger partial charge >= 0.3 is 18.1 Å². The van der Waals surface area contributed by atoms with E-state index in [1.54, 1.807) is 0 Å². The summed E-state index contributed by atoms with van der Waals surface area (Å²) in [5, 5.41) is 9.06. The maximum Gasteiger partial charge on any atom is 0.389 e. The molecule has 4 nitrogen and oxygen atoms in total. The van der Waals surface area contributed by atoms with Crippen molar-refractivity contribution in [1.29, 1.82) is 0 Å². The predicted molar refractivity (Wildman–Crippen MR) is 71.0 cm³/mol. The lowest BCUT2D eigenvalue weighted by molar-refractivity contribution is -0.173. The molecule has 0 aliphatic rings. The number of carboxylic acid groups (broad SMARTS) is 1. The van der Waals surface area contributed by atoms with Gasteiger partial charge in [-0.25, -0.2) is 8.78 Å². The fourth-order valence-electron chi connectivity index (χ4n) is 1.97. The number of rotatable bonds is 7. The number of alkyl halides is 5. The monoisotopic (exact) mass is 348 g/mol. The lowest BCUT2D eigenvalue weighted by atomic mass is 9.84. The Morgan fingerprint density at radius 2 is 1.48 bits per heavy atom. The highest BCUT2D eigenvalue weighted by molar-refractivity contribution is 5.81. The van der Waals surface area contributed by atoms with Crippen LogP contribution in [0.25, 0.3) is 0 Å². The lowest BCUT2D eigenvalue weighted by Crippen LogP contribution is -2.38. The quantitative estimate of drug-likeness (QED) is 0.557. The molecule has 0 unspecified atom stereocenters. The third-order valence-electron chi connectivity index (χ3n) is 2.83. The molecule has 9 heteroatoms. The van der Waals surface area contributed by atoms with E-state index in [0.717, 1.165) is 0 Å². The molecule has 0 aromatic carbocycles. The smallest absolute Gasteiger partial charge is 0.389 e. The van der Waals surface area contributed by atoms with Crippen LogP contribution in [0.1, 0.15) is 47.0 Å². The van der Waals surface area contributed by atoms with Crippen LogP contribution in [0.15, 0.2) is 0 Å². The van der Waals surface area contributed by atoms with Crippen molar-refractivity contribution >= 4 is 11.9 Å². The number of hydrogen-bond acceptors (Lipinski definition) is 3. The van der Waals surface area contributed by atoms with Gasteiger partial charge < -0.3 is 9.84 Å². The average Bonchev–Trinajstić information content (AvgIpc) is 2.21. The van der Waals surface area contributed by atoms with E-state index in [2.05, 4.69) is 0 Å². The molecular weight excluding hydrogens is 327 g/mol. The minimum absolute atomic E-state index is 0.443. The standard InChI is InChI=1S/C14H21F5O4/c1-12(2,3)23-11(22)8(5-6-14(17,18)19)9(10(20)21)7-13(4,15)16/h8-9H,5-7H2,1-4H3,(H,20,21)/t8-,9+/m0/s1. The van der Waals surface area contributed by atoms with Gasteiger partial charge in [0.2, 0.25) is 5.92 Å². The van der Waals surface area contributed by atoms with Crippen molar-refractivity contribution in [3.8, 4) is 0 Å². The fourth-order valence-corrected chi connectivity index (χ4v) is 1.97. The summed E-state index contributed by atoms with van der Waals surface area (Å²) < 4.78 is 68.3. The Morgan fingerprint density at radius 3 is 1.78 bits per heavy atom. The molecule has 136 valence electrons. The van der Waals surface area contributed by atoms with Crippen LogP contribution in [0.5, 0.6) is 0 Å². The minimum Gasteiger partial charge on any atom is -0.481 e. The molecule has 23 heavy (non-hydrogen) atoms. The number of esters is 1. The SMILES string of the molecule is CC(F)(F)C[C@@H](C(=O)O)[C@H](CCC(F)(F)F)C(=O)OC(C)(C)C. The van der Waals surface area contributed by atoms with E-state index >= 15 is 0 Å². The Morgan fingerprint density at radius 1 is 1.00 bits per heavy atom. The molecule has 0 rings (SSSR count). The van der Waals surface area contributed by atoms with Crippen molar-refractivity contribution in [3.63, 3.8) is 0 Å². The lowest BCUT2D eigenvalue weighted by Gasteiger charge is -2.28. The summed E-state index contributed by atoms with van der Waals surface area (Å²) in [6, 6.07) is 0. The average molecular weight is 348 g/mol. The van der Waals surface area contributed by atoms with Crippen molar-refractivity contribution in [1.82, 2.24) is 0 Å². The first-order valence-corrected chi connectivity index (χ1v) is 6.92. The maximum atomic E-state index is 13.1. The third-order valence-corrected chi connectivity index (χ3v) is 2.83. The number of aliphatic carboxylic acids is 1. The molecule has 0 aromatic heterocycles. The summed E-state index contributed by atoms with van der Waals surface area (Å²) in [5.74, 6) is -10.2. The van der Waals surface area contributed by atoms with Gasteiger partial charge in [-0.15, -0.1) is 0 Å². The Labute approximate surface area is 131 Å². The number of ether oxygens (including phenoxy) is 1. The summed E-state index contributed by atoms with van der Waals surface area (Å²) in [7, 11) is 0. The molecule has 0 spiro atoms. The first-order valence-electron chi connectivity index (χ1n) is 6.92. The van der Waals surface area contributed by atoms with Crippen LogP contribution in [0, 0.1) is 11.8 Å². The topological polar surface area (TPSA) is 63.6 Å². The largest absolute Gasteiger partial charge is 0.481 e. The van der Waals surface area contributed by atoms with Gasteiger partial charge in [-0.3, -0.25) is 9.59 Å². The molecule has 0 aliphatic heterocycles. The predicted octanol–water partition coefficient (Wildman–Crippen LogP) is 4.03. The highest BCUT2D eigenvalue weighted by Gasteiger charge is 2.43. The summed E-state index contributed by atoms with van der Waals surface area (Å²) in [6.07, 6.45) is -8.27. The highest BCUT2D eigenvalue weighted by Crippen LogP contribution is 2.34. The molecule has 0 saturated heterocycles. The van der Waals surface area contributed by atoms with Crippen LogP contribution < -0.4 is 0 Å². The first kappa shape index (κ1) is 21.6. The first-order chi connectivity index (χ1) is 10.0. The van der Waals surface area contributed by atoms with Crippen LogP contribution in [-0.4, -0.2) is 34.7 Å². The van der Waals surface area contributed by atoms with Gasteiger partial charge in [0.05, 0.1) is 11.8 Å². The van der Waals surface area contributed by atoms with Crippen LogP contribution in [0.2, 0.25) is 0 Å². The second-order valence-electron chi connectivity index (χ2n) is 6.51. The van der Waals surface area contributed by atoms with Gasteiger partial charge in [0.15, 0.2) is 0 Å². The second kappa shape index (κ2) is 7.44. The van der Waals surface area contributed by atoms with Gasteiger partial charge in [-0.05, 0) is 34.1 Å². The highest BCUT2D eigenvalue weighted by atomic mass is 19.4. The van der Waals surface area contributed by atoms with Gasteiger partial charge in [0.25, 0.3) is 0 Å². The van der Waals surface area contributed by atoms with Crippen molar-refractivity contribution in [2.75, 3.05) is 0 Å². The van der Waals surface area contributed by atoms with Crippen molar-refractivity contribution in [2.24, 2.45) is 11.8 Å². The van der Waals surface area contributed by atoms with Gasteiger partial charge in [-0.1, -0.05) is 0 Å². The summed E-state index contributed by atoms with van der Waals surface area (Å²) in [6.45, 7) is 4.76. The van der Waals surface area contributed by atoms with E-state index in [4.69, 9.17) is 9.84 Å². The van der Waals surface area contributed by atoms with E-state index in [-0.39, 0.29) is 0 Å². The van der Waals surface area contributed by atoms with E-state index in [9.17, 15) is 31.5 Å². The Kier molecular flexibility index (Phi) is 6.98. The Hall–Kier alpha value is -1.41. The van der Waals surface area contributed by atoms with Crippen LogP contribution in [0.4, 0.5) is 22.0 Å². The molecule has 0 aliphatic carbocycles. The zero-order chi connectivity index (χ0) is 18.6. The Bertz CT molecular complexity index is 420. The second-order valence-corrected chi connectivity index (χ2v) is 6.51. The molecular formula is C14H21F5O4. The molecule has 0 amide bonds. The molecule has 0 bridgehead atoms. The van der Waals surface area contributed by atoms with Crippen molar-refractivity contribution < 1.29 is 41.4 Å². The van der Waals surface area contributed by atoms with Crippen LogP contribution >= 0.6 is 0 Å². The Balaban J connectivity index is 5.42. The molecule has 0 aromatic rings. The summed E-state index contributed by atoms with van der Waals surface area (Å²) in [5.41, 5.74) is -1.08. The van der Waals surface area contributed by atoms with Crippen LogP contribution in [-0.2, 0) is 14.3 Å². The maximum absolute atomic E-state index is 13.1. The van der Waals surface area contributed by atoms with Gasteiger partial charge in [0, 0.05) is 12.8 Å². The number of carbonyl (C=O) groups is 2. The molecule has 0 radical (unpaired) electrons. The third kappa shape index (κ3) is 10.1. The fraction of sp³-hybridized carbons (Fsp3) is 0.857. The van der Waals surface area contributed by atoms with E-state index in [1.807, 2.05) is 0 Å². The van der Waals surface area contributed by atoms with E-state index in [1.165, 1.54) is 20.8 Å². The number of carboxylic acids is 1. The van der Waals surface area contributed by atoms with Gasteiger partial charge in [0.1, 0.15) is 5.60 Å².